The highest BCUT2D eigenvalue weighted by Crippen LogP contribution is 2.34. The van der Waals surface area contributed by atoms with E-state index in [-0.39, 0.29) is 36.8 Å². The Labute approximate surface area is 207 Å². The van der Waals surface area contributed by atoms with Crippen LogP contribution in [0, 0.1) is 6.92 Å². The number of carbonyl (C=O) groups excluding carboxylic acids is 4. The van der Waals surface area contributed by atoms with Crippen LogP contribution in [0.1, 0.15) is 26.3 Å². The number of imide groups is 1. The molecular weight excluding hydrogens is 462 g/mol. The Morgan fingerprint density at radius 1 is 0.944 bits per heavy atom. The Balaban J connectivity index is 1.26. The van der Waals surface area contributed by atoms with Gasteiger partial charge in [-0.05, 0) is 55.0 Å². The summed E-state index contributed by atoms with van der Waals surface area (Å²) in [5, 5.41) is 2.70. The summed E-state index contributed by atoms with van der Waals surface area (Å²) in [6, 6.07) is 19.0. The van der Waals surface area contributed by atoms with Crippen LogP contribution in [0.4, 0.5) is 11.4 Å². The number of aryl methyl sites for hydroxylation is 1. The van der Waals surface area contributed by atoms with Crippen molar-refractivity contribution in [3.8, 4) is 11.5 Å². The van der Waals surface area contributed by atoms with E-state index in [1.54, 1.807) is 47.4 Å². The van der Waals surface area contributed by atoms with Gasteiger partial charge in [-0.2, -0.15) is 0 Å². The maximum atomic E-state index is 12.7. The van der Waals surface area contributed by atoms with E-state index >= 15 is 0 Å². The number of ether oxygens (including phenoxy) is 2. The van der Waals surface area contributed by atoms with Crippen molar-refractivity contribution in [2.45, 2.75) is 6.92 Å². The molecular formula is C27H23N3O6. The third-order valence-corrected chi connectivity index (χ3v) is 5.94. The largest absolute Gasteiger partial charge is 0.492 e. The molecule has 0 unspecified atom stereocenters. The minimum Gasteiger partial charge on any atom is -0.492 e. The van der Waals surface area contributed by atoms with Gasteiger partial charge >= 0.3 is 0 Å². The van der Waals surface area contributed by atoms with E-state index in [4.69, 9.17) is 9.47 Å². The monoisotopic (exact) mass is 485 g/mol. The van der Waals surface area contributed by atoms with Gasteiger partial charge in [0, 0.05) is 5.69 Å². The summed E-state index contributed by atoms with van der Waals surface area (Å²) in [6.45, 7) is 2.01. The molecule has 9 nitrogen and oxygen atoms in total. The van der Waals surface area contributed by atoms with Crippen molar-refractivity contribution < 1.29 is 28.7 Å². The standard InChI is InChI=1S/C27H23N3O6/c1-17-5-4-6-19(13-17)35-12-11-29-22-14-18(9-10-23(22)36-16-25(29)32)28-24(31)15-30-26(33)20-7-2-3-8-21(20)27(30)34/h2-10,13-14H,11-12,15-16H2,1H3,(H,28,31). The van der Waals surface area contributed by atoms with Crippen LogP contribution in [0.3, 0.4) is 0 Å². The molecule has 0 spiro atoms. The fourth-order valence-electron chi connectivity index (χ4n) is 4.21. The summed E-state index contributed by atoms with van der Waals surface area (Å²) in [5.74, 6) is -0.565. The Morgan fingerprint density at radius 2 is 1.69 bits per heavy atom. The Bertz CT molecular complexity index is 1350. The Kier molecular flexibility index (Phi) is 6.12. The molecule has 2 aliphatic rings. The van der Waals surface area contributed by atoms with Crippen molar-refractivity contribution in [3.05, 3.63) is 83.4 Å². The molecule has 0 aromatic heterocycles. The van der Waals surface area contributed by atoms with E-state index in [0.717, 1.165) is 10.5 Å². The van der Waals surface area contributed by atoms with Gasteiger partial charge in [-0.15, -0.1) is 0 Å². The van der Waals surface area contributed by atoms with Crippen LogP contribution in [-0.2, 0) is 9.59 Å². The lowest BCUT2D eigenvalue weighted by molar-refractivity contribution is -0.121. The lowest BCUT2D eigenvalue weighted by Crippen LogP contribution is -2.41. The smallest absolute Gasteiger partial charge is 0.265 e. The quantitative estimate of drug-likeness (QED) is 0.516. The SMILES string of the molecule is Cc1cccc(OCCN2C(=O)COc3ccc(NC(=O)CN4C(=O)c5ccccc5C4=O)cc32)c1. The first-order chi connectivity index (χ1) is 17.4. The first-order valence-corrected chi connectivity index (χ1v) is 11.4. The van der Waals surface area contributed by atoms with Gasteiger partial charge in [-0.1, -0.05) is 24.3 Å². The van der Waals surface area contributed by atoms with E-state index in [9.17, 15) is 19.2 Å². The zero-order valence-corrected chi connectivity index (χ0v) is 19.5. The lowest BCUT2D eigenvalue weighted by atomic mass is 10.1. The number of rotatable bonds is 7. The highest BCUT2D eigenvalue weighted by Gasteiger charge is 2.36. The van der Waals surface area contributed by atoms with Gasteiger partial charge in [0.05, 0.1) is 23.4 Å². The average Bonchev–Trinajstić information content (AvgIpc) is 3.10. The summed E-state index contributed by atoms with van der Waals surface area (Å²) in [4.78, 5) is 52.8. The molecule has 182 valence electrons. The fraction of sp³-hybridized carbons (Fsp3) is 0.185. The maximum Gasteiger partial charge on any atom is 0.265 e. The number of hydrogen-bond donors (Lipinski definition) is 1. The van der Waals surface area contributed by atoms with Crippen LogP contribution in [0.15, 0.2) is 66.7 Å². The number of fused-ring (bicyclic) bond motifs is 2. The zero-order valence-electron chi connectivity index (χ0n) is 19.5. The summed E-state index contributed by atoms with van der Waals surface area (Å²) < 4.78 is 11.3. The molecule has 5 rings (SSSR count). The van der Waals surface area contributed by atoms with Crippen molar-refractivity contribution in [1.82, 2.24) is 4.90 Å². The normalized spacial score (nSPS) is 14.3. The molecule has 0 bridgehead atoms. The van der Waals surface area contributed by atoms with Gasteiger partial charge in [0.2, 0.25) is 5.91 Å². The molecule has 0 saturated carbocycles. The molecule has 0 atom stereocenters. The molecule has 4 amide bonds. The topological polar surface area (TPSA) is 105 Å². The maximum absolute atomic E-state index is 12.7. The first kappa shape index (κ1) is 23.1. The van der Waals surface area contributed by atoms with Crippen molar-refractivity contribution in [2.24, 2.45) is 0 Å². The van der Waals surface area contributed by atoms with Gasteiger partial charge in [-0.25, -0.2) is 0 Å². The van der Waals surface area contributed by atoms with Crippen molar-refractivity contribution in [2.75, 3.05) is 36.5 Å². The molecule has 9 heteroatoms. The van der Waals surface area contributed by atoms with Gasteiger partial charge in [0.25, 0.3) is 17.7 Å². The van der Waals surface area contributed by atoms with E-state index in [2.05, 4.69) is 5.32 Å². The second-order valence-corrected chi connectivity index (χ2v) is 8.47. The Morgan fingerprint density at radius 3 is 2.42 bits per heavy atom. The highest BCUT2D eigenvalue weighted by atomic mass is 16.5. The Hall–Kier alpha value is -4.66. The van der Waals surface area contributed by atoms with E-state index in [1.165, 1.54) is 0 Å². The summed E-state index contributed by atoms with van der Waals surface area (Å²) in [7, 11) is 0. The van der Waals surface area contributed by atoms with E-state index < -0.39 is 24.3 Å². The van der Waals surface area contributed by atoms with Crippen LogP contribution in [-0.4, -0.2) is 54.8 Å². The van der Waals surface area contributed by atoms with Gasteiger partial charge < -0.3 is 19.7 Å². The predicted octanol–water partition coefficient (Wildman–Crippen LogP) is 3.03. The molecule has 3 aromatic carbocycles. The molecule has 0 saturated heterocycles. The van der Waals surface area contributed by atoms with Crippen LogP contribution < -0.4 is 19.7 Å². The molecule has 0 radical (unpaired) electrons. The third-order valence-electron chi connectivity index (χ3n) is 5.94. The molecule has 0 aliphatic carbocycles. The molecule has 1 N–H and O–H groups in total. The minimum atomic E-state index is -0.540. The van der Waals surface area contributed by atoms with Gasteiger partial charge in [0.15, 0.2) is 6.61 Å². The van der Waals surface area contributed by atoms with Crippen LogP contribution >= 0.6 is 0 Å². The number of nitrogens with one attached hydrogen (secondary N) is 1. The van der Waals surface area contributed by atoms with Crippen LogP contribution in [0.25, 0.3) is 0 Å². The molecule has 36 heavy (non-hydrogen) atoms. The van der Waals surface area contributed by atoms with Gasteiger partial charge in [0.1, 0.15) is 24.7 Å². The van der Waals surface area contributed by atoms with Crippen LogP contribution in [0.2, 0.25) is 0 Å². The predicted molar refractivity (Wildman–Crippen MR) is 131 cm³/mol. The lowest BCUT2D eigenvalue weighted by Gasteiger charge is -2.29. The highest BCUT2D eigenvalue weighted by molar-refractivity contribution is 6.22. The first-order valence-electron chi connectivity index (χ1n) is 11.4. The van der Waals surface area contributed by atoms with Crippen LogP contribution in [0.5, 0.6) is 11.5 Å². The third kappa shape index (κ3) is 4.50. The van der Waals surface area contributed by atoms with Crippen molar-refractivity contribution in [1.29, 1.82) is 0 Å². The molecule has 3 aromatic rings. The van der Waals surface area contributed by atoms with Crippen molar-refractivity contribution in [3.63, 3.8) is 0 Å². The van der Waals surface area contributed by atoms with E-state index in [1.807, 2.05) is 31.2 Å². The molecule has 2 heterocycles. The number of carbonyl (C=O) groups is 4. The average molecular weight is 485 g/mol. The number of anilines is 2. The number of benzene rings is 3. The molecule has 0 fully saturated rings. The summed E-state index contributed by atoms with van der Waals surface area (Å²) in [6.07, 6.45) is 0. The summed E-state index contributed by atoms with van der Waals surface area (Å²) in [5.41, 5.74) is 2.53. The zero-order chi connectivity index (χ0) is 25.2. The fourth-order valence-corrected chi connectivity index (χ4v) is 4.21. The second kappa shape index (κ2) is 9.53. The molecule has 2 aliphatic heterocycles. The van der Waals surface area contributed by atoms with Gasteiger partial charge in [-0.3, -0.25) is 24.1 Å². The minimum absolute atomic E-state index is 0.0944. The summed E-state index contributed by atoms with van der Waals surface area (Å²) >= 11 is 0. The number of amides is 4. The second-order valence-electron chi connectivity index (χ2n) is 8.47. The van der Waals surface area contributed by atoms with Crippen molar-refractivity contribution >= 4 is 35.0 Å². The number of nitrogens with zero attached hydrogens (tertiary/aromatic N) is 2. The van der Waals surface area contributed by atoms with E-state index in [0.29, 0.717) is 22.9 Å². The number of hydrogen-bond acceptors (Lipinski definition) is 6.